The Morgan fingerprint density at radius 1 is 0.703 bits per heavy atom. The van der Waals surface area contributed by atoms with Crippen molar-refractivity contribution < 1.29 is 118 Å². The van der Waals surface area contributed by atoms with Crippen molar-refractivity contribution in [1.29, 1.82) is 0 Å². The smallest absolute Gasteiger partial charge is 0.330 e. The Labute approximate surface area is 743 Å². The number of amides is 7. The lowest BCUT2D eigenvalue weighted by atomic mass is 9.80. The van der Waals surface area contributed by atoms with Crippen molar-refractivity contribution in [2.45, 2.75) is 229 Å². The minimum absolute atomic E-state index is 0.0365. The van der Waals surface area contributed by atoms with Crippen LogP contribution in [0, 0.1) is 12.8 Å². The molecule has 6 aromatic rings. The number of nitrogens with two attached hydrogens (primary N) is 2. The van der Waals surface area contributed by atoms with Gasteiger partial charge in [-0.25, -0.2) is 9.79 Å². The summed E-state index contributed by atoms with van der Waals surface area (Å²) in [6.45, 7) is 16.7. The summed E-state index contributed by atoms with van der Waals surface area (Å²) in [4.78, 5) is 123. The van der Waals surface area contributed by atoms with E-state index in [4.69, 9.17) is 51.5 Å². The predicted octanol–water partition coefficient (Wildman–Crippen LogP) is 5.94. The van der Waals surface area contributed by atoms with Gasteiger partial charge in [-0.3, -0.25) is 33.6 Å². The third-order valence-corrected chi connectivity index (χ3v) is 23.4. The number of aliphatic carboxylic acids is 1. The molecule has 0 saturated carbocycles. The number of aliphatic hydroxyl groups excluding tert-OH is 6. The summed E-state index contributed by atoms with van der Waals surface area (Å²) < 4.78 is 40.1. The van der Waals surface area contributed by atoms with Crippen molar-refractivity contribution in [1.82, 2.24) is 47.9 Å². The molecule has 7 heterocycles. The number of guanidine groups is 1. The lowest BCUT2D eigenvalue weighted by molar-refractivity contribution is -0.335. The maximum atomic E-state index is 16.3. The number of hydrogen-bond acceptors (Lipinski definition) is 26. The third-order valence-electron chi connectivity index (χ3n) is 23.1. The first-order valence-electron chi connectivity index (χ1n) is 42.1. The van der Waals surface area contributed by atoms with E-state index in [0.717, 1.165) is 85.8 Å². The molecule has 6 unspecified atom stereocenters. The van der Waals surface area contributed by atoms with Gasteiger partial charge in [0.1, 0.15) is 89.5 Å². The lowest BCUT2D eigenvalue weighted by Gasteiger charge is -2.49. The molecule has 128 heavy (non-hydrogen) atoms. The summed E-state index contributed by atoms with van der Waals surface area (Å²) >= 11 is 7.19. The number of likely N-dealkylation sites (N-methyl/N-ethyl adjacent to an activating group) is 1. The van der Waals surface area contributed by atoms with Crippen LogP contribution < -0.4 is 73.5 Å². The van der Waals surface area contributed by atoms with Gasteiger partial charge >= 0.3 is 5.97 Å². The number of benzene rings is 6. The van der Waals surface area contributed by atoms with Crippen LogP contribution in [0.5, 0.6) is 46.0 Å². The van der Waals surface area contributed by atoms with E-state index in [1.54, 1.807) is 19.1 Å². The quantitative estimate of drug-likeness (QED) is 0.0170. The van der Waals surface area contributed by atoms with Gasteiger partial charge in [-0.15, -0.1) is 0 Å². The molecule has 11 bridgehead atoms. The highest BCUT2D eigenvalue weighted by Crippen LogP contribution is 2.50. The number of phenolic OH excluding ortho intramolecular Hbond substituents is 3. The van der Waals surface area contributed by atoms with Gasteiger partial charge in [-0.1, -0.05) is 97.7 Å². The number of fused-ring (bicyclic) bond motifs is 15. The van der Waals surface area contributed by atoms with Crippen LogP contribution in [-0.4, -0.2) is 203 Å². The summed E-state index contributed by atoms with van der Waals surface area (Å²) in [5, 5.41) is 141. The van der Waals surface area contributed by atoms with Crippen LogP contribution in [0.3, 0.4) is 0 Å². The number of phenols is 3. The number of carbonyl (C=O) groups is 8. The molecule has 0 radical (unpaired) electrons. The second-order valence-electron chi connectivity index (χ2n) is 33.4. The zero-order valence-electron chi connectivity index (χ0n) is 72.4. The van der Waals surface area contributed by atoms with Crippen LogP contribution in [0.25, 0.3) is 11.1 Å². The minimum Gasteiger partial charge on any atom is -0.508 e. The fraction of sp³-hybridized carbons (Fsp3) is 0.440. The van der Waals surface area contributed by atoms with E-state index in [9.17, 15) is 65.4 Å². The number of aliphatic hydroxyl groups is 6. The second-order valence-corrected chi connectivity index (χ2v) is 33.8. The van der Waals surface area contributed by atoms with E-state index in [2.05, 4.69) is 98.8 Å². The van der Waals surface area contributed by atoms with Gasteiger partial charge in [-0.2, -0.15) is 0 Å². The number of nitrogens with one attached hydrogen (secondary N) is 9. The van der Waals surface area contributed by atoms with E-state index < -0.39 is 231 Å². The highest BCUT2D eigenvalue weighted by molar-refractivity contribution is 6.32. The highest BCUT2D eigenvalue weighted by Gasteiger charge is 2.53. The second kappa shape index (κ2) is 42.4. The van der Waals surface area contributed by atoms with Crippen LogP contribution in [0.1, 0.15) is 176 Å². The number of aliphatic imine (C=N–C) groups is 1. The molecule has 18 atom stereocenters. The van der Waals surface area contributed by atoms with E-state index in [1.165, 1.54) is 55.0 Å². The fourth-order valence-electron chi connectivity index (χ4n) is 16.0. The van der Waals surface area contributed by atoms with E-state index >= 15 is 24.0 Å². The minimum atomic E-state index is -2.34. The zero-order valence-corrected chi connectivity index (χ0v) is 73.1. The first kappa shape index (κ1) is 96.8. The summed E-state index contributed by atoms with van der Waals surface area (Å²) in [6, 6.07) is 7.40. The third kappa shape index (κ3) is 23.2. The topological polar surface area (TPSA) is 567 Å². The first-order chi connectivity index (χ1) is 60.8. The number of carboxylic acid groups (broad SMARTS) is 1. The number of aromatic hydroxyl groups is 3. The number of ether oxygens (including phenoxy) is 6. The first-order valence-corrected chi connectivity index (χ1v) is 42.5. The highest BCUT2D eigenvalue weighted by atomic mass is 35.5. The van der Waals surface area contributed by atoms with Crippen molar-refractivity contribution in [3.05, 3.63) is 182 Å². The number of carboxylic acids is 1. The van der Waals surface area contributed by atoms with Crippen LogP contribution in [0.2, 0.25) is 5.02 Å². The summed E-state index contributed by atoms with van der Waals surface area (Å²) in [5.41, 5.74) is 13.6. The number of allylic oxidation sites excluding steroid dienone is 5. The van der Waals surface area contributed by atoms with Crippen LogP contribution >= 0.6 is 11.6 Å². The van der Waals surface area contributed by atoms with Crippen molar-refractivity contribution in [3.63, 3.8) is 0 Å². The molecule has 0 aromatic heterocycles. The summed E-state index contributed by atoms with van der Waals surface area (Å²) in [5.74, 6) is -15.2. The molecule has 2 fully saturated rings. The number of carbonyl (C=O) groups excluding carboxylic acids is 7. The molecule has 23 N–H and O–H groups in total. The molecule has 37 heteroatoms. The Morgan fingerprint density at radius 2 is 1.34 bits per heavy atom. The number of nitrogens with zero attached hydrogens (tertiary/aromatic N) is 1. The fourth-order valence-corrected chi connectivity index (χ4v) is 16.2. The maximum Gasteiger partial charge on any atom is 0.330 e. The summed E-state index contributed by atoms with van der Waals surface area (Å²) in [6.07, 6.45) is -7.82. The number of hydrogen-bond donors (Lipinski definition) is 21. The van der Waals surface area contributed by atoms with Crippen LogP contribution in [-0.2, 0) is 59.1 Å². The predicted molar refractivity (Wildman–Crippen MR) is 467 cm³/mol. The normalized spacial score (nSPS) is 26.1. The largest absolute Gasteiger partial charge is 0.508 e. The molecule has 688 valence electrons. The van der Waals surface area contributed by atoms with Crippen LogP contribution in [0.15, 0.2) is 143 Å². The Kier molecular flexibility index (Phi) is 32.1. The molecule has 7 amide bonds. The molecular formula is C91H113ClN12O24. The number of aryl methyl sites for hydroxylation is 1. The Balaban J connectivity index is 1.02. The summed E-state index contributed by atoms with van der Waals surface area (Å²) in [7, 11) is 1.49. The SMILES string of the molecule is CCC1(NCc2ccc(N=C(N)NC/C=C(\C)CC/C=C(\C)CCC=C(C)C)cc2)C[C@H](OC2C(O)[C@H](O)C(CO)O[C@H]2Oc2c3cc4cc2Oc2ccc(cc2Cl)[C@@H](O)[C@@H]2NC(=O)[C@H](NC(=O)[C@@H]4NC(=O)C(CC(N)=O)NC(=O)[C@H](NC(=O)[C@@H](CC(C)C)NC)[C@H](O)c4ccc(c(C)c4)O3)c3ccc(O)c(c3)-c3c(O)cc(O)cc3[C@@H](C(=O)O)NC2=O)OC(C)[C@H]1O. The zero-order chi connectivity index (χ0) is 93.0. The van der Waals surface area contributed by atoms with Crippen molar-refractivity contribution in [3.8, 4) is 57.1 Å². The van der Waals surface area contributed by atoms with Crippen LogP contribution in [0.4, 0.5) is 5.69 Å². The molecule has 6 aromatic carbocycles. The lowest BCUT2D eigenvalue weighted by Crippen LogP contribution is -2.66. The molecule has 36 nitrogen and oxygen atoms in total. The maximum absolute atomic E-state index is 16.3. The van der Waals surface area contributed by atoms with Crippen molar-refractivity contribution >= 4 is 70.6 Å². The van der Waals surface area contributed by atoms with Gasteiger partial charge in [0.25, 0.3) is 0 Å². The van der Waals surface area contributed by atoms with Gasteiger partial charge in [0, 0.05) is 42.3 Å². The standard InChI is InChI=1S/C91H113ClN12O24/c1-11-91(97-40-48-18-23-53(24-19-48)98-90(94)96-29-28-45(7)17-13-16-44(6)15-12-14-42(2)3)39-68(123-47(9)81(91)114)127-80-78(113)77(112)66(41-105)126-89(80)128-79-64-34-52-35-65(79)125-63-27-22-51(33-57(63)92)76(111)74-87(120)102-72(88(121)122)56-36-54(106)37-61(108)69(56)55-32-49(20-25-60(55)107)70(84(117)104-74)101-85(118)71(52)100-83(116)59(38-67(93)109)99-86(119)73(103-82(115)58(95-10)30-43(4)5)75(110)50-21-26-62(124-64)46(8)31-50/h14,16,18-28,31-37,43,47,58-59,66,68,70-78,80-81,89,95,97,105-108,110-114H,11-13,15,17,29-30,38-41H2,1-10H3,(H2,93,109)(H,99,119)(H,100,116)(H,101,118)(H,102,120)(H,103,115)(H,104,117)(H,121,122)(H3,94,96,98)/b44-16+,45-28+/t47?,58-,59?,66?,68+,70-,71-,72+,73-,74+,75-,76-,77-,78?,80?,81-,89+,91?/m1/s1. The van der Waals surface area contributed by atoms with Crippen molar-refractivity contribution in [2.75, 3.05) is 20.2 Å². The van der Waals surface area contributed by atoms with E-state index in [0.29, 0.717) is 12.2 Å². The van der Waals surface area contributed by atoms with E-state index in [1.807, 2.05) is 32.9 Å². The molecule has 0 spiro atoms. The van der Waals surface area contributed by atoms with Gasteiger partial charge < -0.3 is 139 Å². The van der Waals surface area contributed by atoms with Crippen molar-refractivity contribution in [2.24, 2.45) is 22.4 Å². The average molecular weight is 1790 g/mol. The molecule has 7 aliphatic heterocycles. The number of halogens is 1. The molecular weight excluding hydrogens is 1680 g/mol. The number of primary amides is 1. The Bertz CT molecular complexity index is 5240. The average Bonchev–Trinajstić information content (AvgIpc) is 0.766. The van der Waals surface area contributed by atoms with Gasteiger partial charge in [-0.05, 0) is 193 Å². The molecule has 0 aliphatic carbocycles. The Morgan fingerprint density at radius 3 is 1.98 bits per heavy atom. The monoisotopic (exact) mass is 1790 g/mol. The van der Waals surface area contributed by atoms with Gasteiger partial charge in [0.2, 0.25) is 53.4 Å². The van der Waals surface area contributed by atoms with Gasteiger partial charge in [0.15, 0.2) is 35.9 Å². The van der Waals surface area contributed by atoms with Gasteiger partial charge in [0.05, 0.1) is 47.5 Å². The van der Waals surface area contributed by atoms with E-state index in [-0.39, 0.29) is 71.4 Å². The molecule has 2 saturated heterocycles. The molecule has 7 aliphatic rings. The molecule has 13 rings (SSSR count). The Hall–Kier alpha value is -11.8. The number of rotatable bonds is 26.